The number of ketones is 1. The summed E-state index contributed by atoms with van der Waals surface area (Å²) < 4.78 is 0. The Bertz CT molecular complexity index is 490. The quantitative estimate of drug-likeness (QED) is 0.589. The maximum atomic E-state index is 12.1. The predicted octanol–water partition coefficient (Wildman–Crippen LogP) is 4.22. The first kappa shape index (κ1) is 11.4. The van der Waals surface area contributed by atoms with Crippen molar-refractivity contribution in [2.75, 3.05) is 0 Å². The predicted molar refractivity (Wildman–Crippen MR) is 68.4 cm³/mol. The molecule has 0 aliphatic heterocycles. The lowest BCUT2D eigenvalue weighted by molar-refractivity contribution is 0.0987. The van der Waals surface area contributed by atoms with Gasteiger partial charge in [-0.3, -0.25) is 4.79 Å². The van der Waals surface area contributed by atoms with E-state index < -0.39 is 5.38 Å². The van der Waals surface area contributed by atoms with Gasteiger partial charge in [-0.05, 0) is 23.4 Å². The summed E-state index contributed by atoms with van der Waals surface area (Å²) in [5.74, 6) is -0.0217. The standard InChI is InChI=1S/C13H11ClOS/c1-9-7-16-8-11(9)13(15)12(14)10-5-3-2-4-6-10/h2-8,12H,1H3. The fourth-order valence-electron chi connectivity index (χ4n) is 1.52. The monoisotopic (exact) mass is 250 g/mol. The second kappa shape index (κ2) is 4.81. The molecule has 0 saturated carbocycles. The van der Waals surface area contributed by atoms with Crippen LogP contribution in [0.15, 0.2) is 41.1 Å². The van der Waals surface area contributed by atoms with Crippen molar-refractivity contribution < 1.29 is 4.79 Å². The Hall–Kier alpha value is -1.12. The Labute approximate surface area is 104 Å². The van der Waals surface area contributed by atoms with Gasteiger partial charge in [0.2, 0.25) is 0 Å². The van der Waals surface area contributed by atoms with Crippen molar-refractivity contribution >= 4 is 28.7 Å². The number of carbonyl (C=O) groups excluding carboxylic acids is 1. The van der Waals surface area contributed by atoms with Crippen molar-refractivity contribution in [3.05, 3.63) is 57.8 Å². The largest absolute Gasteiger partial charge is 0.292 e. The number of benzene rings is 1. The molecule has 1 aromatic heterocycles. The van der Waals surface area contributed by atoms with Gasteiger partial charge < -0.3 is 0 Å². The zero-order chi connectivity index (χ0) is 11.5. The van der Waals surface area contributed by atoms with Crippen LogP contribution in [-0.2, 0) is 0 Å². The Morgan fingerprint density at radius 2 is 1.94 bits per heavy atom. The van der Waals surface area contributed by atoms with E-state index >= 15 is 0 Å². The topological polar surface area (TPSA) is 17.1 Å². The van der Waals surface area contributed by atoms with E-state index in [-0.39, 0.29) is 5.78 Å². The van der Waals surface area contributed by atoms with Crippen LogP contribution in [0.4, 0.5) is 0 Å². The second-order valence-corrected chi connectivity index (χ2v) is 4.79. The van der Waals surface area contributed by atoms with Crippen LogP contribution in [-0.4, -0.2) is 5.78 Å². The van der Waals surface area contributed by atoms with Crippen LogP contribution >= 0.6 is 22.9 Å². The van der Waals surface area contributed by atoms with E-state index in [1.807, 2.05) is 48.0 Å². The van der Waals surface area contributed by atoms with Gasteiger partial charge in [0.15, 0.2) is 5.78 Å². The molecule has 0 amide bonds. The lowest BCUT2D eigenvalue weighted by Crippen LogP contribution is -2.07. The molecule has 1 aromatic carbocycles. The Balaban J connectivity index is 2.27. The highest BCUT2D eigenvalue weighted by molar-refractivity contribution is 7.08. The highest BCUT2D eigenvalue weighted by Crippen LogP contribution is 2.27. The van der Waals surface area contributed by atoms with Crippen LogP contribution < -0.4 is 0 Å². The number of halogens is 1. The average molecular weight is 251 g/mol. The molecule has 0 aliphatic rings. The molecule has 1 atom stereocenters. The molecular formula is C13H11ClOS. The van der Waals surface area contributed by atoms with Crippen molar-refractivity contribution in [1.29, 1.82) is 0 Å². The minimum atomic E-state index is -0.588. The second-order valence-electron chi connectivity index (χ2n) is 3.61. The third-order valence-electron chi connectivity index (χ3n) is 2.44. The summed E-state index contributed by atoms with van der Waals surface area (Å²) in [4.78, 5) is 12.1. The van der Waals surface area contributed by atoms with Gasteiger partial charge in [0.05, 0.1) is 0 Å². The number of alkyl halides is 1. The minimum absolute atomic E-state index is 0.0217. The first-order valence-corrected chi connectivity index (χ1v) is 6.34. The number of carbonyl (C=O) groups is 1. The van der Waals surface area contributed by atoms with Gasteiger partial charge >= 0.3 is 0 Å². The molecule has 0 radical (unpaired) electrons. The molecule has 1 nitrogen and oxygen atoms in total. The fourth-order valence-corrected chi connectivity index (χ4v) is 2.62. The fraction of sp³-hybridized carbons (Fsp3) is 0.154. The van der Waals surface area contributed by atoms with Gasteiger partial charge in [0.25, 0.3) is 0 Å². The van der Waals surface area contributed by atoms with E-state index in [1.165, 1.54) is 11.3 Å². The molecule has 2 rings (SSSR count). The lowest BCUT2D eigenvalue weighted by atomic mass is 10.0. The summed E-state index contributed by atoms with van der Waals surface area (Å²) in [5, 5.41) is 3.23. The Morgan fingerprint density at radius 1 is 1.25 bits per heavy atom. The molecule has 3 heteroatoms. The third kappa shape index (κ3) is 2.18. The minimum Gasteiger partial charge on any atom is -0.292 e. The first-order valence-electron chi connectivity index (χ1n) is 4.96. The van der Waals surface area contributed by atoms with Crippen LogP contribution in [0.2, 0.25) is 0 Å². The van der Waals surface area contributed by atoms with Crippen molar-refractivity contribution in [3.8, 4) is 0 Å². The summed E-state index contributed by atoms with van der Waals surface area (Å²) in [5.41, 5.74) is 2.57. The molecule has 1 unspecified atom stereocenters. The van der Waals surface area contributed by atoms with Crippen molar-refractivity contribution in [3.63, 3.8) is 0 Å². The molecule has 0 bridgehead atoms. The molecule has 16 heavy (non-hydrogen) atoms. The third-order valence-corrected chi connectivity index (χ3v) is 3.76. The summed E-state index contributed by atoms with van der Waals surface area (Å²) in [6.45, 7) is 1.93. The SMILES string of the molecule is Cc1cscc1C(=O)C(Cl)c1ccccc1. The average Bonchev–Trinajstić information content (AvgIpc) is 2.75. The Morgan fingerprint density at radius 3 is 2.50 bits per heavy atom. The van der Waals surface area contributed by atoms with Gasteiger partial charge in [0, 0.05) is 10.9 Å². The van der Waals surface area contributed by atoms with E-state index in [2.05, 4.69) is 0 Å². The maximum Gasteiger partial charge on any atom is 0.186 e. The summed E-state index contributed by atoms with van der Waals surface area (Å²) in [6, 6.07) is 9.43. The Kier molecular flexibility index (Phi) is 3.42. The molecule has 0 aliphatic carbocycles. The van der Waals surface area contributed by atoms with Crippen molar-refractivity contribution in [2.24, 2.45) is 0 Å². The van der Waals surface area contributed by atoms with Gasteiger partial charge in [0.1, 0.15) is 5.38 Å². The molecule has 0 fully saturated rings. The van der Waals surface area contributed by atoms with Gasteiger partial charge in [-0.15, -0.1) is 11.6 Å². The van der Waals surface area contributed by atoms with Gasteiger partial charge in [-0.25, -0.2) is 0 Å². The van der Waals surface area contributed by atoms with Crippen LogP contribution in [0.5, 0.6) is 0 Å². The maximum absolute atomic E-state index is 12.1. The molecular weight excluding hydrogens is 240 g/mol. The molecule has 0 spiro atoms. The summed E-state index contributed by atoms with van der Waals surface area (Å²) in [7, 11) is 0. The number of Topliss-reactive ketones (excluding diaryl/α,β-unsaturated/α-hetero) is 1. The van der Waals surface area contributed by atoms with E-state index in [0.717, 1.165) is 16.7 Å². The molecule has 1 heterocycles. The number of rotatable bonds is 3. The molecule has 2 aromatic rings. The normalized spacial score (nSPS) is 12.4. The van der Waals surface area contributed by atoms with Gasteiger partial charge in [-0.1, -0.05) is 30.3 Å². The van der Waals surface area contributed by atoms with E-state index in [1.54, 1.807) is 0 Å². The smallest absolute Gasteiger partial charge is 0.186 e. The highest BCUT2D eigenvalue weighted by atomic mass is 35.5. The summed E-state index contributed by atoms with van der Waals surface area (Å²) in [6.07, 6.45) is 0. The van der Waals surface area contributed by atoms with E-state index in [4.69, 9.17) is 11.6 Å². The molecule has 82 valence electrons. The highest BCUT2D eigenvalue weighted by Gasteiger charge is 2.20. The van der Waals surface area contributed by atoms with E-state index in [9.17, 15) is 4.79 Å². The van der Waals surface area contributed by atoms with Crippen molar-refractivity contribution in [1.82, 2.24) is 0 Å². The first-order chi connectivity index (χ1) is 7.70. The number of thiophene rings is 1. The summed E-state index contributed by atoms with van der Waals surface area (Å²) >= 11 is 7.70. The number of hydrogen-bond donors (Lipinski definition) is 0. The van der Waals surface area contributed by atoms with Crippen LogP contribution in [0.3, 0.4) is 0 Å². The van der Waals surface area contributed by atoms with Crippen LogP contribution in [0, 0.1) is 6.92 Å². The van der Waals surface area contributed by atoms with Crippen molar-refractivity contribution in [2.45, 2.75) is 12.3 Å². The zero-order valence-electron chi connectivity index (χ0n) is 8.81. The molecule has 0 N–H and O–H groups in total. The zero-order valence-corrected chi connectivity index (χ0v) is 10.4. The number of aryl methyl sites for hydroxylation is 1. The number of hydrogen-bond acceptors (Lipinski definition) is 2. The van der Waals surface area contributed by atoms with Crippen LogP contribution in [0.25, 0.3) is 0 Å². The van der Waals surface area contributed by atoms with E-state index in [0.29, 0.717) is 0 Å². The van der Waals surface area contributed by atoms with Crippen LogP contribution in [0.1, 0.15) is 26.9 Å². The van der Waals surface area contributed by atoms with Gasteiger partial charge in [-0.2, -0.15) is 11.3 Å². The molecule has 0 saturated heterocycles. The lowest BCUT2D eigenvalue weighted by Gasteiger charge is -2.08.